The molecule has 0 aliphatic rings. The monoisotopic (exact) mass is 356 g/mol. The van der Waals surface area contributed by atoms with E-state index in [1.165, 1.54) is 15.9 Å². The molecule has 1 amide bonds. The van der Waals surface area contributed by atoms with E-state index in [0.717, 1.165) is 31.8 Å². The van der Waals surface area contributed by atoms with Crippen molar-refractivity contribution in [1.82, 2.24) is 15.0 Å². The number of thiazole rings is 2. The Morgan fingerprint density at radius 2 is 1.79 bits per heavy atom. The van der Waals surface area contributed by atoms with Crippen molar-refractivity contribution in [2.45, 2.75) is 6.54 Å². The number of hydrazine groups is 1. The molecule has 0 atom stereocenters. The number of nitrogens with zero attached hydrogens (tertiary/aromatic N) is 2. The summed E-state index contributed by atoms with van der Waals surface area (Å²) in [5.41, 5.74) is 7.04. The maximum absolute atomic E-state index is 12.1. The minimum absolute atomic E-state index is 0.0409. The normalized spacial score (nSPS) is 11.0. The van der Waals surface area contributed by atoms with Crippen molar-refractivity contribution >= 4 is 54.1 Å². The zero-order valence-corrected chi connectivity index (χ0v) is 14.0. The van der Waals surface area contributed by atoms with Crippen LogP contribution in [0.3, 0.4) is 0 Å². The number of nitrogens with one attached hydrogen (secondary N) is 2. The molecule has 0 unspecified atom stereocenters. The average molecular weight is 356 g/mol. The van der Waals surface area contributed by atoms with Crippen molar-refractivity contribution in [3.05, 3.63) is 58.2 Å². The van der Waals surface area contributed by atoms with Gasteiger partial charge in [0.15, 0.2) is 0 Å². The van der Waals surface area contributed by atoms with Crippen LogP contribution in [0.2, 0.25) is 0 Å². The summed E-state index contributed by atoms with van der Waals surface area (Å²) in [4.78, 5) is 28.4. The number of carbonyl (C=O) groups excluding carboxylic acids is 1. The van der Waals surface area contributed by atoms with Gasteiger partial charge in [0, 0.05) is 0 Å². The number of carbonyl (C=O) groups is 1. The summed E-state index contributed by atoms with van der Waals surface area (Å²) in [6.45, 7) is -0.0409. The minimum atomic E-state index is -0.306. The summed E-state index contributed by atoms with van der Waals surface area (Å²) in [5.74, 6) is -0.306. The van der Waals surface area contributed by atoms with Gasteiger partial charge in [-0.3, -0.25) is 25.0 Å². The van der Waals surface area contributed by atoms with E-state index < -0.39 is 0 Å². The summed E-state index contributed by atoms with van der Waals surface area (Å²) < 4.78 is 3.37. The maximum Gasteiger partial charge on any atom is 0.308 e. The molecule has 0 radical (unpaired) electrons. The van der Waals surface area contributed by atoms with Crippen LogP contribution in [0.4, 0.5) is 5.13 Å². The highest BCUT2D eigenvalue weighted by Gasteiger charge is 2.11. The van der Waals surface area contributed by atoms with Gasteiger partial charge in [-0.15, -0.1) is 0 Å². The Kier molecular flexibility index (Phi) is 3.75. The number of hydrogen-bond donors (Lipinski definition) is 2. The molecule has 0 saturated heterocycles. The third-order valence-electron chi connectivity index (χ3n) is 3.48. The van der Waals surface area contributed by atoms with Gasteiger partial charge in [0.2, 0.25) is 5.13 Å². The quantitative estimate of drug-likeness (QED) is 0.551. The fourth-order valence-corrected chi connectivity index (χ4v) is 4.11. The fraction of sp³-hybridized carbons (Fsp3) is 0.0625. The van der Waals surface area contributed by atoms with Gasteiger partial charge in [0.25, 0.3) is 5.91 Å². The molecule has 0 saturated carbocycles. The van der Waals surface area contributed by atoms with Gasteiger partial charge in [-0.05, 0) is 24.3 Å². The van der Waals surface area contributed by atoms with Crippen LogP contribution in [0.1, 0.15) is 0 Å². The van der Waals surface area contributed by atoms with Gasteiger partial charge in [-0.1, -0.05) is 46.9 Å². The SMILES string of the molecule is O=C(Cn1c(=O)sc2ccccc21)NNc1nc2ccccc2s1. The first kappa shape index (κ1) is 14.9. The molecule has 2 aromatic heterocycles. The molecule has 4 aromatic rings. The number of benzene rings is 2. The Bertz CT molecular complexity index is 1060. The number of aromatic nitrogens is 2. The van der Waals surface area contributed by atoms with Crippen molar-refractivity contribution in [2.75, 3.05) is 5.43 Å². The van der Waals surface area contributed by atoms with Crippen LogP contribution in [0, 0.1) is 0 Å². The maximum atomic E-state index is 12.1. The van der Waals surface area contributed by atoms with Crippen LogP contribution < -0.4 is 15.7 Å². The summed E-state index contributed by atoms with van der Waals surface area (Å²) in [6.07, 6.45) is 0. The second kappa shape index (κ2) is 6.06. The average Bonchev–Trinajstić information content (AvgIpc) is 3.14. The van der Waals surface area contributed by atoms with E-state index in [1.807, 2.05) is 48.5 Å². The Balaban J connectivity index is 1.48. The first-order valence-corrected chi connectivity index (χ1v) is 8.83. The number of hydrogen-bond acceptors (Lipinski definition) is 6. The Hall–Kier alpha value is -2.71. The van der Waals surface area contributed by atoms with Crippen molar-refractivity contribution in [1.29, 1.82) is 0 Å². The molecule has 0 bridgehead atoms. The van der Waals surface area contributed by atoms with E-state index >= 15 is 0 Å². The van der Waals surface area contributed by atoms with Gasteiger partial charge in [0.05, 0.1) is 20.4 Å². The second-order valence-electron chi connectivity index (χ2n) is 5.08. The molecule has 0 spiro atoms. The molecule has 4 rings (SSSR count). The van der Waals surface area contributed by atoms with Crippen LogP contribution in [0.25, 0.3) is 20.4 Å². The van der Waals surface area contributed by atoms with Crippen molar-refractivity contribution in [2.24, 2.45) is 0 Å². The molecule has 6 nitrogen and oxygen atoms in total. The predicted molar refractivity (Wildman–Crippen MR) is 97.5 cm³/mol. The van der Waals surface area contributed by atoms with Gasteiger partial charge >= 0.3 is 4.87 Å². The Morgan fingerprint density at radius 3 is 2.62 bits per heavy atom. The molecule has 24 heavy (non-hydrogen) atoms. The molecule has 2 N–H and O–H groups in total. The van der Waals surface area contributed by atoms with E-state index in [2.05, 4.69) is 15.8 Å². The van der Waals surface area contributed by atoms with Crippen LogP contribution >= 0.6 is 22.7 Å². The van der Waals surface area contributed by atoms with E-state index in [9.17, 15) is 9.59 Å². The second-order valence-corrected chi connectivity index (χ2v) is 7.11. The lowest BCUT2D eigenvalue weighted by molar-refractivity contribution is -0.121. The van der Waals surface area contributed by atoms with Crippen LogP contribution in [-0.2, 0) is 11.3 Å². The standard InChI is InChI=1S/C16H12N4O2S2/c21-14(9-20-11-6-2-4-8-13(11)24-16(20)22)18-19-15-17-10-5-1-3-7-12(10)23-15/h1-8H,9H2,(H,17,19)(H,18,21). The summed E-state index contributed by atoms with van der Waals surface area (Å²) in [6, 6.07) is 15.2. The molecule has 2 heterocycles. The molecule has 0 aliphatic heterocycles. The van der Waals surface area contributed by atoms with Gasteiger partial charge in [-0.25, -0.2) is 4.98 Å². The largest absolute Gasteiger partial charge is 0.308 e. The highest BCUT2D eigenvalue weighted by Crippen LogP contribution is 2.24. The van der Waals surface area contributed by atoms with E-state index in [1.54, 1.807) is 0 Å². The lowest BCUT2D eigenvalue weighted by atomic mass is 10.3. The summed E-state index contributed by atoms with van der Waals surface area (Å²) >= 11 is 2.58. The molecule has 8 heteroatoms. The third kappa shape index (κ3) is 2.77. The molecular formula is C16H12N4O2S2. The first-order valence-electron chi connectivity index (χ1n) is 7.19. The van der Waals surface area contributed by atoms with Crippen LogP contribution in [-0.4, -0.2) is 15.5 Å². The van der Waals surface area contributed by atoms with Gasteiger partial charge in [0.1, 0.15) is 6.54 Å². The summed E-state index contributed by atoms with van der Waals surface area (Å²) in [5, 5.41) is 0.604. The minimum Gasteiger partial charge on any atom is -0.289 e. The molecule has 2 aromatic carbocycles. The van der Waals surface area contributed by atoms with Crippen molar-refractivity contribution < 1.29 is 4.79 Å². The fourth-order valence-electron chi connectivity index (χ4n) is 2.40. The van der Waals surface area contributed by atoms with Crippen LogP contribution in [0.15, 0.2) is 53.3 Å². The summed E-state index contributed by atoms with van der Waals surface area (Å²) in [7, 11) is 0. The van der Waals surface area contributed by atoms with Crippen LogP contribution in [0.5, 0.6) is 0 Å². The van der Waals surface area contributed by atoms with Gasteiger partial charge < -0.3 is 0 Å². The topological polar surface area (TPSA) is 76.0 Å². The number of para-hydroxylation sites is 2. The zero-order valence-electron chi connectivity index (χ0n) is 12.4. The number of fused-ring (bicyclic) bond motifs is 2. The van der Waals surface area contributed by atoms with E-state index in [4.69, 9.17) is 0 Å². The molecule has 0 aliphatic carbocycles. The number of amides is 1. The van der Waals surface area contributed by atoms with Gasteiger partial charge in [-0.2, -0.15) is 0 Å². The van der Waals surface area contributed by atoms with E-state index in [-0.39, 0.29) is 17.3 Å². The predicted octanol–water partition coefficient (Wildman–Crippen LogP) is 2.82. The first-order chi connectivity index (χ1) is 11.7. The van der Waals surface area contributed by atoms with Crippen molar-refractivity contribution in [3.8, 4) is 0 Å². The van der Waals surface area contributed by atoms with Crippen molar-refractivity contribution in [3.63, 3.8) is 0 Å². The lowest BCUT2D eigenvalue weighted by Crippen LogP contribution is -2.34. The Morgan fingerprint density at radius 1 is 1.04 bits per heavy atom. The zero-order chi connectivity index (χ0) is 16.5. The Labute approximate surface area is 144 Å². The highest BCUT2D eigenvalue weighted by molar-refractivity contribution is 7.22. The molecular weight excluding hydrogens is 344 g/mol. The smallest absolute Gasteiger partial charge is 0.289 e. The lowest BCUT2D eigenvalue weighted by Gasteiger charge is -2.06. The number of rotatable bonds is 4. The highest BCUT2D eigenvalue weighted by atomic mass is 32.1. The molecule has 120 valence electrons. The third-order valence-corrected chi connectivity index (χ3v) is 5.39. The number of anilines is 1. The van der Waals surface area contributed by atoms with E-state index in [0.29, 0.717) is 5.13 Å². The molecule has 0 fully saturated rings.